The van der Waals surface area contributed by atoms with Gasteiger partial charge in [-0.25, -0.2) is 4.98 Å². The minimum Gasteiger partial charge on any atom is -0.469 e. The summed E-state index contributed by atoms with van der Waals surface area (Å²) in [5.74, 6) is 0.540. The molecule has 0 aliphatic carbocycles. The number of hydrogen-bond acceptors (Lipinski definition) is 4. The predicted octanol–water partition coefficient (Wildman–Crippen LogP) is 1.58. The van der Waals surface area contributed by atoms with E-state index in [4.69, 9.17) is 0 Å². The van der Waals surface area contributed by atoms with Crippen LogP contribution < -0.4 is 0 Å². The Morgan fingerprint density at radius 2 is 2.35 bits per heavy atom. The molecule has 2 aromatic rings. The third-order valence-electron chi connectivity index (χ3n) is 2.39. The number of hydrogen-bond donors (Lipinski definition) is 1. The third-order valence-corrected chi connectivity index (χ3v) is 2.39. The van der Waals surface area contributed by atoms with Gasteiger partial charge in [0, 0.05) is 24.4 Å². The minimum absolute atomic E-state index is 0.232. The fraction of sp³-hybridized carbons (Fsp3) is 0.250. The first-order valence-electron chi connectivity index (χ1n) is 5.30. The molecule has 0 spiro atoms. The second-order valence-electron chi connectivity index (χ2n) is 3.56. The Morgan fingerprint density at radius 3 is 3.06 bits per heavy atom. The van der Waals surface area contributed by atoms with E-state index < -0.39 is 0 Å². The summed E-state index contributed by atoms with van der Waals surface area (Å²) in [4.78, 5) is 22.4. The number of H-pyrrole nitrogens is 1. The summed E-state index contributed by atoms with van der Waals surface area (Å²) in [6.45, 7) is 0. The molecule has 17 heavy (non-hydrogen) atoms. The lowest BCUT2D eigenvalue weighted by atomic mass is 10.2. The van der Waals surface area contributed by atoms with E-state index in [1.54, 1.807) is 18.6 Å². The molecule has 2 aromatic heterocycles. The van der Waals surface area contributed by atoms with Crippen molar-refractivity contribution in [3.8, 4) is 11.3 Å². The van der Waals surface area contributed by atoms with Crippen molar-refractivity contribution in [1.29, 1.82) is 0 Å². The Morgan fingerprint density at radius 1 is 1.47 bits per heavy atom. The van der Waals surface area contributed by atoms with Gasteiger partial charge in [0.15, 0.2) is 0 Å². The van der Waals surface area contributed by atoms with E-state index in [2.05, 4.69) is 19.7 Å². The van der Waals surface area contributed by atoms with Crippen LogP contribution >= 0.6 is 0 Å². The summed E-state index contributed by atoms with van der Waals surface area (Å²) in [6, 6.07) is 3.81. The quantitative estimate of drug-likeness (QED) is 0.811. The van der Waals surface area contributed by atoms with Crippen molar-refractivity contribution < 1.29 is 9.53 Å². The van der Waals surface area contributed by atoms with Crippen LogP contribution in [0.2, 0.25) is 0 Å². The molecule has 0 aliphatic heterocycles. The van der Waals surface area contributed by atoms with Crippen molar-refractivity contribution in [2.24, 2.45) is 0 Å². The minimum atomic E-state index is -0.232. The van der Waals surface area contributed by atoms with Gasteiger partial charge < -0.3 is 9.72 Å². The Kier molecular flexibility index (Phi) is 3.49. The number of aryl methyl sites for hydroxylation is 1. The number of aromatic amines is 1. The van der Waals surface area contributed by atoms with E-state index in [9.17, 15) is 4.79 Å². The van der Waals surface area contributed by atoms with Gasteiger partial charge in [-0.15, -0.1) is 0 Å². The predicted molar refractivity (Wildman–Crippen MR) is 62.2 cm³/mol. The van der Waals surface area contributed by atoms with E-state index in [0.29, 0.717) is 12.8 Å². The lowest BCUT2D eigenvalue weighted by Crippen LogP contribution is -2.02. The molecular formula is C12H13N3O2. The normalized spacial score (nSPS) is 10.2. The number of methoxy groups -OCH3 is 1. The molecule has 88 valence electrons. The molecule has 5 nitrogen and oxygen atoms in total. The molecule has 0 bridgehead atoms. The van der Waals surface area contributed by atoms with Gasteiger partial charge in [0.1, 0.15) is 5.82 Å². The summed E-state index contributed by atoms with van der Waals surface area (Å²) in [7, 11) is 1.38. The maximum Gasteiger partial charge on any atom is 0.305 e. The van der Waals surface area contributed by atoms with Crippen molar-refractivity contribution in [3.63, 3.8) is 0 Å². The summed E-state index contributed by atoms with van der Waals surface area (Å²) in [6.07, 6.45) is 6.10. The first-order valence-corrected chi connectivity index (χ1v) is 5.30. The van der Waals surface area contributed by atoms with E-state index in [1.807, 2.05) is 12.1 Å². The van der Waals surface area contributed by atoms with Gasteiger partial charge in [-0.3, -0.25) is 9.78 Å². The molecule has 0 saturated heterocycles. The van der Waals surface area contributed by atoms with Crippen LogP contribution in [0.1, 0.15) is 12.2 Å². The average molecular weight is 231 g/mol. The summed E-state index contributed by atoms with van der Waals surface area (Å²) in [5.41, 5.74) is 1.88. The van der Waals surface area contributed by atoms with Gasteiger partial charge in [-0.05, 0) is 12.1 Å². The standard InChI is InChI=1S/C12H13N3O2/c1-17-12(16)5-4-11-14-8-10(15-11)9-3-2-6-13-7-9/h2-3,6-8H,4-5H2,1H3,(H,14,15). The third kappa shape index (κ3) is 2.90. The first kappa shape index (κ1) is 11.3. The number of nitrogens with zero attached hydrogens (tertiary/aromatic N) is 2. The fourth-order valence-corrected chi connectivity index (χ4v) is 1.48. The van der Waals surface area contributed by atoms with Crippen molar-refractivity contribution in [2.45, 2.75) is 12.8 Å². The van der Waals surface area contributed by atoms with Gasteiger partial charge in [-0.1, -0.05) is 0 Å². The maximum absolute atomic E-state index is 11.0. The number of ether oxygens (including phenoxy) is 1. The van der Waals surface area contributed by atoms with Gasteiger partial charge >= 0.3 is 5.97 Å². The number of rotatable bonds is 4. The number of esters is 1. The highest BCUT2D eigenvalue weighted by Gasteiger charge is 2.06. The zero-order chi connectivity index (χ0) is 12.1. The molecule has 1 N–H and O–H groups in total. The Balaban J connectivity index is 2.04. The second-order valence-corrected chi connectivity index (χ2v) is 3.56. The molecule has 0 amide bonds. The fourth-order valence-electron chi connectivity index (χ4n) is 1.48. The maximum atomic E-state index is 11.0. The van der Waals surface area contributed by atoms with Crippen LogP contribution in [-0.2, 0) is 16.0 Å². The lowest BCUT2D eigenvalue weighted by molar-refractivity contribution is -0.140. The number of carbonyl (C=O) groups excluding carboxylic acids is 1. The van der Waals surface area contributed by atoms with Crippen LogP contribution in [0.5, 0.6) is 0 Å². The second kappa shape index (κ2) is 5.25. The number of nitrogens with one attached hydrogen (secondary N) is 1. The van der Waals surface area contributed by atoms with Crippen molar-refractivity contribution in [2.75, 3.05) is 7.11 Å². The van der Waals surface area contributed by atoms with E-state index in [1.165, 1.54) is 7.11 Å². The number of aromatic nitrogens is 3. The smallest absolute Gasteiger partial charge is 0.305 e. The molecule has 0 radical (unpaired) electrons. The molecule has 2 rings (SSSR count). The number of carbonyl (C=O) groups is 1. The van der Waals surface area contributed by atoms with Crippen LogP contribution in [0.3, 0.4) is 0 Å². The summed E-state index contributed by atoms with van der Waals surface area (Å²) < 4.78 is 4.57. The van der Waals surface area contributed by atoms with Crippen LogP contribution in [0.15, 0.2) is 30.7 Å². The van der Waals surface area contributed by atoms with E-state index in [0.717, 1.165) is 17.1 Å². The van der Waals surface area contributed by atoms with E-state index in [-0.39, 0.29) is 5.97 Å². The molecule has 5 heteroatoms. The summed E-state index contributed by atoms with van der Waals surface area (Å²) in [5, 5.41) is 0. The average Bonchev–Trinajstić information content (AvgIpc) is 2.86. The van der Waals surface area contributed by atoms with Crippen LogP contribution in [0, 0.1) is 0 Å². The zero-order valence-corrected chi connectivity index (χ0v) is 9.51. The molecule has 0 aromatic carbocycles. The topological polar surface area (TPSA) is 67.9 Å². The number of imidazole rings is 1. The molecule has 0 fully saturated rings. The highest BCUT2D eigenvalue weighted by molar-refractivity contribution is 5.69. The first-order chi connectivity index (χ1) is 8.29. The summed E-state index contributed by atoms with van der Waals surface area (Å²) >= 11 is 0. The highest BCUT2D eigenvalue weighted by atomic mass is 16.5. The lowest BCUT2D eigenvalue weighted by Gasteiger charge is -1.97. The largest absolute Gasteiger partial charge is 0.469 e. The monoisotopic (exact) mass is 231 g/mol. The highest BCUT2D eigenvalue weighted by Crippen LogP contribution is 2.15. The van der Waals surface area contributed by atoms with Crippen molar-refractivity contribution in [1.82, 2.24) is 15.0 Å². The number of pyridine rings is 1. The van der Waals surface area contributed by atoms with Crippen molar-refractivity contribution in [3.05, 3.63) is 36.5 Å². The van der Waals surface area contributed by atoms with Crippen molar-refractivity contribution >= 4 is 5.97 Å². The van der Waals surface area contributed by atoms with Crippen LogP contribution in [0.25, 0.3) is 11.3 Å². The van der Waals surface area contributed by atoms with Gasteiger partial charge in [0.05, 0.1) is 25.4 Å². The molecular weight excluding hydrogens is 218 g/mol. The zero-order valence-electron chi connectivity index (χ0n) is 9.51. The van der Waals surface area contributed by atoms with Gasteiger partial charge in [0.2, 0.25) is 0 Å². The SMILES string of the molecule is COC(=O)CCc1ncc(-c2cccnc2)[nH]1. The molecule has 0 atom stereocenters. The van der Waals surface area contributed by atoms with Gasteiger partial charge in [-0.2, -0.15) is 0 Å². The van der Waals surface area contributed by atoms with Crippen LogP contribution in [-0.4, -0.2) is 28.0 Å². The molecule has 0 aliphatic rings. The molecule has 0 saturated carbocycles. The van der Waals surface area contributed by atoms with Gasteiger partial charge in [0.25, 0.3) is 0 Å². The molecule has 2 heterocycles. The Labute approximate surface area is 98.9 Å². The molecule has 0 unspecified atom stereocenters. The Hall–Kier alpha value is -2.17. The van der Waals surface area contributed by atoms with Crippen LogP contribution in [0.4, 0.5) is 0 Å². The van der Waals surface area contributed by atoms with E-state index >= 15 is 0 Å². The Bertz CT molecular complexity index is 493.